The molecule has 0 aliphatic rings. The van der Waals surface area contributed by atoms with Crippen molar-refractivity contribution in [1.82, 2.24) is 5.43 Å². The van der Waals surface area contributed by atoms with Crippen molar-refractivity contribution < 1.29 is 19.4 Å². The number of hydrazine groups is 1. The summed E-state index contributed by atoms with van der Waals surface area (Å²) in [6.45, 7) is 0. The normalized spacial score (nSPS) is 9.65. The van der Waals surface area contributed by atoms with E-state index in [9.17, 15) is 29.8 Å². The minimum absolute atomic E-state index is 0.254. The van der Waals surface area contributed by atoms with Crippen molar-refractivity contribution in [3.8, 4) is 0 Å². The van der Waals surface area contributed by atoms with Gasteiger partial charge in [0.2, 0.25) is 11.8 Å². The molecule has 4 N–H and O–H groups in total. The number of nitro benzene ring substituents is 2. The summed E-state index contributed by atoms with van der Waals surface area (Å²) in [5.74, 6) is 3.15. The lowest BCUT2D eigenvalue weighted by Crippen LogP contribution is -2.33. The number of non-ortho nitro benzene ring substituents is 1. The Hall–Kier alpha value is -3.08. The molecule has 0 atom stereocenters. The van der Waals surface area contributed by atoms with Gasteiger partial charge >= 0.3 is 0 Å². The first-order valence-electron chi connectivity index (χ1n) is 5.07. The lowest BCUT2D eigenvalue weighted by Gasteiger charge is -2.05. The number of rotatable bonds is 5. The van der Waals surface area contributed by atoms with Crippen molar-refractivity contribution in [2.75, 3.05) is 5.32 Å². The number of nitrogens with two attached hydrogens (primary N) is 1. The standard InChI is InChI=1S/C9H9N5O6/c10-12-9(16)4-8(15)11-6-2-1-5(13(17)18)3-7(6)14(19)20/h1-3H,4,10H2,(H,11,15)(H,12,16). The zero-order valence-corrected chi connectivity index (χ0v) is 9.86. The molecule has 0 aliphatic carbocycles. The third-order valence-electron chi connectivity index (χ3n) is 2.15. The van der Waals surface area contributed by atoms with Gasteiger partial charge in [0, 0.05) is 6.07 Å². The molecular weight excluding hydrogens is 274 g/mol. The van der Waals surface area contributed by atoms with E-state index in [0.717, 1.165) is 12.1 Å². The quantitative estimate of drug-likeness (QED) is 0.221. The topological polar surface area (TPSA) is 170 Å². The summed E-state index contributed by atoms with van der Waals surface area (Å²) < 4.78 is 0. The van der Waals surface area contributed by atoms with Crippen LogP contribution in [0.2, 0.25) is 0 Å². The molecule has 0 saturated carbocycles. The highest BCUT2D eigenvalue weighted by molar-refractivity contribution is 6.04. The second kappa shape index (κ2) is 6.19. The first kappa shape index (κ1) is 15.0. The maximum absolute atomic E-state index is 11.4. The van der Waals surface area contributed by atoms with E-state index in [-0.39, 0.29) is 5.69 Å². The molecule has 106 valence electrons. The van der Waals surface area contributed by atoms with Crippen molar-refractivity contribution in [2.45, 2.75) is 6.42 Å². The third-order valence-corrected chi connectivity index (χ3v) is 2.15. The molecule has 0 unspecified atom stereocenters. The zero-order chi connectivity index (χ0) is 15.3. The van der Waals surface area contributed by atoms with Crippen molar-refractivity contribution in [1.29, 1.82) is 0 Å². The molecule has 0 aliphatic heterocycles. The molecule has 11 nitrogen and oxygen atoms in total. The van der Waals surface area contributed by atoms with Crippen LogP contribution >= 0.6 is 0 Å². The van der Waals surface area contributed by atoms with E-state index in [1.165, 1.54) is 0 Å². The Morgan fingerprint density at radius 1 is 1.15 bits per heavy atom. The smallest absolute Gasteiger partial charge is 0.299 e. The second-order valence-electron chi connectivity index (χ2n) is 3.51. The van der Waals surface area contributed by atoms with Gasteiger partial charge in [0.15, 0.2) is 0 Å². The number of nitrogens with zero attached hydrogens (tertiary/aromatic N) is 2. The van der Waals surface area contributed by atoms with Crippen LogP contribution in [0, 0.1) is 20.2 Å². The number of benzene rings is 1. The van der Waals surface area contributed by atoms with E-state index in [0.29, 0.717) is 6.07 Å². The highest BCUT2D eigenvalue weighted by Gasteiger charge is 2.21. The van der Waals surface area contributed by atoms with E-state index in [2.05, 4.69) is 5.32 Å². The third kappa shape index (κ3) is 3.71. The molecule has 1 aromatic rings. The molecule has 11 heteroatoms. The van der Waals surface area contributed by atoms with E-state index in [4.69, 9.17) is 5.84 Å². The van der Waals surface area contributed by atoms with Crippen LogP contribution in [-0.4, -0.2) is 21.7 Å². The van der Waals surface area contributed by atoms with Crippen LogP contribution in [0.5, 0.6) is 0 Å². The molecule has 2 amide bonds. The number of hydrogen-bond acceptors (Lipinski definition) is 7. The molecule has 0 radical (unpaired) electrons. The van der Waals surface area contributed by atoms with Gasteiger partial charge in [-0.25, -0.2) is 5.84 Å². The van der Waals surface area contributed by atoms with E-state index in [1.54, 1.807) is 5.43 Å². The summed E-state index contributed by atoms with van der Waals surface area (Å²) in [5, 5.41) is 23.4. The predicted molar refractivity (Wildman–Crippen MR) is 65.3 cm³/mol. The molecule has 0 fully saturated rings. The molecular formula is C9H9N5O6. The average Bonchev–Trinajstić information content (AvgIpc) is 2.38. The van der Waals surface area contributed by atoms with E-state index < -0.39 is 39.5 Å². The Labute approximate surface area is 111 Å². The molecule has 20 heavy (non-hydrogen) atoms. The van der Waals surface area contributed by atoms with Crippen LogP contribution in [0.3, 0.4) is 0 Å². The number of nitro groups is 2. The lowest BCUT2D eigenvalue weighted by molar-refractivity contribution is -0.393. The number of carbonyl (C=O) groups excluding carboxylic acids is 2. The molecule has 0 bridgehead atoms. The summed E-state index contributed by atoms with van der Waals surface area (Å²) in [6.07, 6.45) is -0.634. The summed E-state index contributed by atoms with van der Waals surface area (Å²) in [4.78, 5) is 41.9. The first-order chi connectivity index (χ1) is 9.35. The van der Waals surface area contributed by atoms with Gasteiger partial charge < -0.3 is 5.32 Å². The van der Waals surface area contributed by atoms with Crippen LogP contribution in [0.15, 0.2) is 18.2 Å². The van der Waals surface area contributed by atoms with E-state index in [1.807, 2.05) is 0 Å². The van der Waals surface area contributed by atoms with Crippen LogP contribution in [0.4, 0.5) is 17.1 Å². The van der Waals surface area contributed by atoms with Crippen molar-refractivity contribution >= 4 is 28.9 Å². The summed E-state index contributed by atoms with van der Waals surface area (Å²) in [5.41, 5.74) is 0.322. The highest BCUT2D eigenvalue weighted by atomic mass is 16.6. The molecule has 1 aromatic carbocycles. The average molecular weight is 283 g/mol. The van der Waals surface area contributed by atoms with E-state index >= 15 is 0 Å². The predicted octanol–water partition coefficient (Wildman–Crippen LogP) is -0.179. The maximum Gasteiger partial charge on any atom is 0.299 e. The summed E-state index contributed by atoms with van der Waals surface area (Å²) in [7, 11) is 0. The number of carbonyl (C=O) groups is 2. The minimum Gasteiger partial charge on any atom is -0.320 e. The minimum atomic E-state index is -0.883. The Bertz CT molecular complexity index is 586. The van der Waals surface area contributed by atoms with Crippen LogP contribution in [0.25, 0.3) is 0 Å². The first-order valence-corrected chi connectivity index (χ1v) is 5.07. The van der Waals surface area contributed by atoms with Crippen LogP contribution in [0.1, 0.15) is 6.42 Å². The fourth-order valence-corrected chi connectivity index (χ4v) is 1.28. The van der Waals surface area contributed by atoms with Gasteiger partial charge in [-0.1, -0.05) is 0 Å². The van der Waals surface area contributed by atoms with Crippen molar-refractivity contribution in [2.24, 2.45) is 5.84 Å². The van der Waals surface area contributed by atoms with Gasteiger partial charge in [-0.3, -0.25) is 35.2 Å². The van der Waals surface area contributed by atoms with Crippen molar-refractivity contribution in [3.63, 3.8) is 0 Å². The second-order valence-corrected chi connectivity index (χ2v) is 3.51. The Kier molecular flexibility index (Phi) is 4.64. The monoisotopic (exact) mass is 283 g/mol. The Morgan fingerprint density at radius 3 is 2.30 bits per heavy atom. The Balaban J connectivity index is 3.00. The van der Waals surface area contributed by atoms with Crippen LogP contribution in [-0.2, 0) is 9.59 Å². The van der Waals surface area contributed by atoms with Gasteiger partial charge in [-0.2, -0.15) is 0 Å². The Morgan fingerprint density at radius 2 is 1.80 bits per heavy atom. The molecule has 0 saturated heterocycles. The number of anilines is 1. The summed E-state index contributed by atoms with van der Waals surface area (Å²) >= 11 is 0. The largest absolute Gasteiger partial charge is 0.320 e. The SMILES string of the molecule is NNC(=O)CC(=O)Nc1ccc([N+](=O)[O-])cc1[N+](=O)[O-]. The molecule has 1 rings (SSSR count). The number of amides is 2. The maximum atomic E-state index is 11.4. The highest BCUT2D eigenvalue weighted by Crippen LogP contribution is 2.28. The number of nitrogens with one attached hydrogen (secondary N) is 2. The summed E-state index contributed by atoms with van der Waals surface area (Å²) in [6, 6.07) is 2.71. The zero-order valence-electron chi connectivity index (χ0n) is 9.86. The van der Waals surface area contributed by atoms with Gasteiger partial charge in [0.1, 0.15) is 12.1 Å². The van der Waals surface area contributed by atoms with Crippen molar-refractivity contribution in [3.05, 3.63) is 38.4 Å². The van der Waals surface area contributed by atoms with Gasteiger partial charge in [-0.05, 0) is 6.07 Å². The van der Waals surface area contributed by atoms with Crippen LogP contribution < -0.4 is 16.6 Å². The lowest BCUT2D eigenvalue weighted by atomic mass is 10.2. The number of hydrogen-bond donors (Lipinski definition) is 3. The fraction of sp³-hybridized carbons (Fsp3) is 0.111. The fourth-order valence-electron chi connectivity index (χ4n) is 1.28. The van der Waals surface area contributed by atoms with Gasteiger partial charge in [0.05, 0.1) is 15.9 Å². The molecule has 0 aromatic heterocycles. The van der Waals surface area contributed by atoms with Gasteiger partial charge in [0.25, 0.3) is 11.4 Å². The van der Waals surface area contributed by atoms with Gasteiger partial charge in [-0.15, -0.1) is 0 Å². The molecule has 0 spiro atoms. The molecule has 0 heterocycles.